The van der Waals surface area contributed by atoms with Crippen molar-refractivity contribution in [3.8, 4) is 17.2 Å². The van der Waals surface area contributed by atoms with Crippen LogP contribution < -0.4 is 19.0 Å². The van der Waals surface area contributed by atoms with Crippen LogP contribution in [0.15, 0.2) is 35.3 Å². The van der Waals surface area contributed by atoms with Crippen molar-refractivity contribution in [3.63, 3.8) is 0 Å². The highest BCUT2D eigenvalue weighted by Gasteiger charge is 2.12. The number of thiazole rings is 1. The maximum Gasteiger partial charge on any atom is 0.272 e. The van der Waals surface area contributed by atoms with Gasteiger partial charge in [0.1, 0.15) is 0 Å². The van der Waals surface area contributed by atoms with Crippen LogP contribution in [-0.4, -0.2) is 45.5 Å². The first-order chi connectivity index (χ1) is 15.4. The first-order valence-corrected chi connectivity index (χ1v) is 10.9. The standard InChI is InChI=1S/C24H28N2O5S/c1-15-11-18-21(12-16(15)2)32-24(26(18)9-10-28-3)25-22(27)8-7-17-13-19(29-4)23(31-6)20(14-17)30-5/h7-8,11-14H,9-10H2,1-6H3/b8-7+,25-24?. The minimum atomic E-state index is -0.357. The number of benzene rings is 2. The Kier molecular flexibility index (Phi) is 7.71. The van der Waals surface area contributed by atoms with E-state index in [2.05, 4.69) is 31.0 Å². The van der Waals surface area contributed by atoms with Crippen LogP contribution in [0.5, 0.6) is 17.2 Å². The zero-order valence-corrected chi connectivity index (χ0v) is 20.0. The van der Waals surface area contributed by atoms with Gasteiger partial charge in [0, 0.05) is 19.7 Å². The Bertz CT molecular complexity index is 1200. The third-order valence-electron chi connectivity index (χ3n) is 5.13. The quantitative estimate of drug-likeness (QED) is 0.477. The molecule has 1 heterocycles. The molecule has 0 bridgehead atoms. The van der Waals surface area contributed by atoms with Crippen molar-refractivity contribution in [1.82, 2.24) is 4.57 Å². The third kappa shape index (κ3) is 5.03. The van der Waals surface area contributed by atoms with Crippen molar-refractivity contribution < 1.29 is 23.7 Å². The van der Waals surface area contributed by atoms with Crippen molar-refractivity contribution >= 4 is 33.5 Å². The Morgan fingerprint density at radius 2 is 1.66 bits per heavy atom. The predicted octanol–water partition coefficient (Wildman–Crippen LogP) is 4.13. The van der Waals surface area contributed by atoms with Crippen LogP contribution in [0.2, 0.25) is 0 Å². The normalized spacial score (nSPS) is 12.0. The smallest absolute Gasteiger partial charge is 0.272 e. The van der Waals surface area contributed by atoms with Crippen LogP contribution in [0.25, 0.3) is 16.3 Å². The van der Waals surface area contributed by atoms with Gasteiger partial charge < -0.3 is 23.5 Å². The van der Waals surface area contributed by atoms with Gasteiger partial charge in [-0.2, -0.15) is 4.99 Å². The number of aromatic nitrogens is 1. The summed E-state index contributed by atoms with van der Waals surface area (Å²) in [5, 5.41) is 0. The molecule has 1 amide bonds. The SMILES string of the molecule is COCCn1c(=NC(=O)/C=C/c2cc(OC)c(OC)c(OC)c2)sc2cc(C)c(C)cc21. The van der Waals surface area contributed by atoms with Crippen molar-refractivity contribution in [3.05, 3.63) is 51.8 Å². The molecule has 0 fully saturated rings. The number of hydrogen-bond acceptors (Lipinski definition) is 6. The molecule has 7 nitrogen and oxygen atoms in total. The highest BCUT2D eigenvalue weighted by Crippen LogP contribution is 2.38. The van der Waals surface area contributed by atoms with E-state index in [1.165, 1.54) is 28.5 Å². The lowest BCUT2D eigenvalue weighted by Crippen LogP contribution is -2.19. The monoisotopic (exact) mass is 456 g/mol. The van der Waals surface area contributed by atoms with Gasteiger partial charge in [0.05, 0.1) is 38.2 Å². The van der Waals surface area contributed by atoms with Gasteiger partial charge in [-0.3, -0.25) is 4.79 Å². The van der Waals surface area contributed by atoms with E-state index < -0.39 is 0 Å². The second-order valence-electron chi connectivity index (χ2n) is 7.18. The van der Waals surface area contributed by atoms with Gasteiger partial charge in [-0.25, -0.2) is 0 Å². The van der Waals surface area contributed by atoms with E-state index in [9.17, 15) is 4.79 Å². The highest BCUT2D eigenvalue weighted by molar-refractivity contribution is 7.16. The molecule has 170 valence electrons. The Hall–Kier alpha value is -3.10. The summed E-state index contributed by atoms with van der Waals surface area (Å²) in [5.41, 5.74) is 4.19. The Morgan fingerprint density at radius 3 is 2.25 bits per heavy atom. The number of ether oxygens (including phenoxy) is 4. The molecule has 0 radical (unpaired) electrons. The number of rotatable bonds is 8. The van der Waals surface area contributed by atoms with E-state index in [0.717, 1.165) is 15.8 Å². The number of carbonyl (C=O) groups is 1. The summed E-state index contributed by atoms with van der Waals surface area (Å²) in [4.78, 5) is 17.7. The second kappa shape index (κ2) is 10.5. The topological polar surface area (TPSA) is 71.3 Å². The van der Waals surface area contributed by atoms with Gasteiger partial charge in [0.25, 0.3) is 5.91 Å². The van der Waals surface area contributed by atoms with Gasteiger partial charge in [-0.1, -0.05) is 11.3 Å². The van der Waals surface area contributed by atoms with Gasteiger partial charge in [0.15, 0.2) is 16.3 Å². The van der Waals surface area contributed by atoms with E-state index in [4.69, 9.17) is 18.9 Å². The number of aryl methyl sites for hydroxylation is 2. The van der Waals surface area contributed by atoms with Crippen molar-refractivity contribution in [1.29, 1.82) is 0 Å². The molecule has 32 heavy (non-hydrogen) atoms. The zero-order chi connectivity index (χ0) is 23.3. The molecule has 0 N–H and O–H groups in total. The van der Waals surface area contributed by atoms with Gasteiger partial charge >= 0.3 is 0 Å². The molecule has 1 aromatic heterocycles. The summed E-state index contributed by atoms with van der Waals surface area (Å²) < 4.78 is 24.4. The van der Waals surface area contributed by atoms with Crippen molar-refractivity contribution in [2.45, 2.75) is 20.4 Å². The number of nitrogens with zero attached hydrogens (tertiary/aromatic N) is 2. The Labute approximate surface area is 191 Å². The van der Waals surface area contributed by atoms with Gasteiger partial charge in [0.2, 0.25) is 5.75 Å². The molecule has 8 heteroatoms. The van der Waals surface area contributed by atoms with Crippen LogP contribution in [-0.2, 0) is 16.1 Å². The largest absolute Gasteiger partial charge is 0.493 e. The molecule has 2 aromatic carbocycles. The lowest BCUT2D eigenvalue weighted by atomic mass is 10.1. The molecule has 0 aliphatic rings. The number of amides is 1. The molecular formula is C24H28N2O5S. The second-order valence-corrected chi connectivity index (χ2v) is 8.18. The van der Waals surface area contributed by atoms with Crippen LogP contribution >= 0.6 is 11.3 Å². The van der Waals surface area contributed by atoms with Crippen molar-refractivity contribution in [2.24, 2.45) is 4.99 Å². The van der Waals surface area contributed by atoms with E-state index in [1.54, 1.807) is 46.6 Å². The maximum absolute atomic E-state index is 12.7. The molecule has 3 rings (SSSR count). The fourth-order valence-electron chi connectivity index (χ4n) is 3.30. The van der Waals surface area contributed by atoms with Crippen LogP contribution in [0.4, 0.5) is 0 Å². The Morgan fingerprint density at radius 1 is 1.00 bits per heavy atom. The number of carbonyl (C=O) groups excluding carboxylic acids is 1. The summed E-state index contributed by atoms with van der Waals surface area (Å²) in [7, 11) is 6.31. The zero-order valence-electron chi connectivity index (χ0n) is 19.2. The molecular weight excluding hydrogens is 428 g/mol. The molecule has 0 unspecified atom stereocenters. The fraction of sp³-hybridized carbons (Fsp3) is 0.333. The van der Waals surface area contributed by atoms with Crippen LogP contribution in [0.1, 0.15) is 16.7 Å². The van der Waals surface area contributed by atoms with E-state index in [0.29, 0.717) is 35.2 Å². The minimum absolute atomic E-state index is 0.357. The lowest BCUT2D eigenvalue weighted by Gasteiger charge is -2.12. The van der Waals surface area contributed by atoms with Gasteiger partial charge in [-0.05, 0) is 60.9 Å². The maximum atomic E-state index is 12.7. The van der Waals surface area contributed by atoms with E-state index >= 15 is 0 Å². The molecule has 0 saturated heterocycles. The molecule has 0 saturated carbocycles. The van der Waals surface area contributed by atoms with E-state index in [-0.39, 0.29) is 5.91 Å². The molecule has 0 spiro atoms. The highest BCUT2D eigenvalue weighted by atomic mass is 32.1. The first kappa shape index (κ1) is 23.6. The molecule has 0 aliphatic heterocycles. The summed E-state index contributed by atoms with van der Waals surface area (Å²) >= 11 is 1.49. The third-order valence-corrected chi connectivity index (χ3v) is 6.17. The number of methoxy groups -OCH3 is 4. The summed E-state index contributed by atoms with van der Waals surface area (Å²) in [5.74, 6) is 1.18. The van der Waals surface area contributed by atoms with Crippen molar-refractivity contribution in [2.75, 3.05) is 35.0 Å². The number of hydrogen-bond donors (Lipinski definition) is 0. The van der Waals surface area contributed by atoms with Crippen LogP contribution in [0.3, 0.4) is 0 Å². The van der Waals surface area contributed by atoms with E-state index in [1.807, 2.05) is 4.57 Å². The number of fused-ring (bicyclic) bond motifs is 1. The summed E-state index contributed by atoms with van der Waals surface area (Å²) in [6.45, 7) is 5.30. The Balaban J connectivity index is 1.98. The molecule has 3 aromatic rings. The van der Waals surface area contributed by atoms with Gasteiger partial charge in [-0.15, -0.1) is 0 Å². The molecule has 0 atom stereocenters. The first-order valence-electron chi connectivity index (χ1n) is 10.1. The minimum Gasteiger partial charge on any atom is -0.493 e. The average molecular weight is 457 g/mol. The molecule has 0 aliphatic carbocycles. The van der Waals surface area contributed by atoms with Crippen LogP contribution in [0, 0.1) is 13.8 Å². The summed E-state index contributed by atoms with van der Waals surface area (Å²) in [6.07, 6.45) is 3.11. The summed E-state index contributed by atoms with van der Waals surface area (Å²) in [6, 6.07) is 7.81. The predicted molar refractivity (Wildman–Crippen MR) is 127 cm³/mol. The lowest BCUT2D eigenvalue weighted by molar-refractivity contribution is -0.113. The average Bonchev–Trinajstić information content (AvgIpc) is 3.10. The fourth-order valence-corrected chi connectivity index (χ4v) is 4.44.